The fourth-order valence-corrected chi connectivity index (χ4v) is 3.85. The van der Waals surface area contributed by atoms with E-state index in [0.29, 0.717) is 28.5 Å². The predicted octanol–water partition coefficient (Wildman–Crippen LogP) is 5.19. The Bertz CT molecular complexity index is 892. The minimum Gasteiger partial charge on any atom is -0.493 e. The molecule has 1 fully saturated rings. The van der Waals surface area contributed by atoms with Crippen molar-refractivity contribution in [2.45, 2.75) is 38.0 Å². The molecule has 2 aromatic rings. The van der Waals surface area contributed by atoms with Crippen LogP contribution in [0.4, 0.5) is 0 Å². The first-order chi connectivity index (χ1) is 14.6. The van der Waals surface area contributed by atoms with E-state index in [9.17, 15) is 9.59 Å². The first-order valence-electron chi connectivity index (χ1n) is 10.3. The lowest BCUT2D eigenvalue weighted by atomic mass is 9.84. The van der Waals surface area contributed by atoms with Gasteiger partial charge in [0, 0.05) is 17.2 Å². The van der Waals surface area contributed by atoms with Crippen LogP contribution < -0.4 is 9.47 Å². The van der Waals surface area contributed by atoms with Gasteiger partial charge in [-0.25, -0.2) is 4.79 Å². The molecule has 0 unspecified atom stereocenters. The molecule has 1 aliphatic carbocycles. The number of benzene rings is 2. The Kier molecular flexibility index (Phi) is 7.66. The van der Waals surface area contributed by atoms with Gasteiger partial charge in [0.2, 0.25) is 0 Å². The molecule has 0 heterocycles. The van der Waals surface area contributed by atoms with E-state index in [2.05, 4.69) is 0 Å². The first kappa shape index (κ1) is 21.6. The summed E-state index contributed by atoms with van der Waals surface area (Å²) < 4.78 is 15.7. The monoisotopic (exact) mass is 408 g/mol. The van der Waals surface area contributed by atoms with Gasteiger partial charge in [-0.3, -0.25) is 4.79 Å². The van der Waals surface area contributed by atoms with Crippen LogP contribution in [0.5, 0.6) is 11.5 Å². The number of ether oxygens (including phenoxy) is 3. The smallest absolute Gasteiger partial charge is 0.331 e. The largest absolute Gasteiger partial charge is 0.493 e. The second-order valence-electron chi connectivity index (χ2n) is 7.40. The van der Waals surface area contributed by atoms with E-state index in [4.69, 9.17) is 14.2 Å². The Morgan fingerprint density at radius 1 is 0.967 bits per heavy atom. The van der Waals surface area contributed by atoms with Crippen molar-refractivity contribution in [2.24, 2.45) is 0 Å². The molecule has 0 saturated heterocycles. The number of carbonyl (C=O) groups is 2. The molecule has 5 heteroatoms. The minimum atomic E-state index is -0.591. The highest BCUT2D eigenvalue weighted by atomic mass is 16.5. The zero-order chi connectivity index (χ0) is 21.3. The van der Waals surface area contributed by atoms with Crippen molar-refractivity contribution in [1.29, 1.82) is 0 Å². The molecule has 2 aromatic carbocycles. The lowest BCUT2D eigenvalue weighted by molar-refractivity contribution is -0.136. The van der Waals surface area contributed by atoms with Crippen molar-refractivity contribution in [3.05, 3.63) is 65.2 Å². The summed E-state index contributed by atoms with van der Waals surface area (Å²) in [7, 11) is 3.08. The Balaban J connectivity index is 1.54. The van der Waals surface area contributed by atoms with Crippen molar-refractivity contribution in [3.8, 4) is 11.5 Å². The Labute approximate surface area is 177 Å². The zero-order valence-electron chi connectivity index (χ0n) is 17.6. The molecule has 0 aliphatic heterocycles. The fourth-order valence-electron chi connectivity index (χ4n) is 3.85. The molecule has 0 aromatic heterocycles. The van der Waals surface area contributed by atoms with E-state index in [1.54, 1.807) is 31.4 Å². The van der Waals surface area contributed by atoms with Crippen LogP contribution in [0.1, 0.15) is 59.5 Å². The topological polar surface area (TPSA) is 61.8 Å². The van der Waals surface area contributed by atoms with Crippen LogP contribution in [0.25, 0.3) is 6.08 Å². The van der Waals surface area contributed by atoms with Crippen LogP contribution in [0.15, 0.2) is 48.5 Å². The lowest BCUT2D eigenvalue weighted by Crippen LogP contribution is -2.13. The highest BCUT2D eigenvalue weighted by Crippen LogP contribution is 2.33. The Morgan fingerprint density at radius 2 is 1.70 bits per heavy atom. The van der Waals surface area contributed by atoms with Gasteiger partial charge in [-0.1, -0.05) is 55.7 Å². The molecule has 0 spiro atoms. The van der Waals surface area contributed by atoms with Crippen LogP contribution in [0, 0.1) is 0 Å². The summed E-state index contributed by atoms with van der Waals surface area (Å²) >= 11 is 0. The van der Waals surface area contributed by atoms with Crippen LogP contribution in [-0.2, 0) is 9.53 Å². The quantitative estimate of drug-likeness (QED) is 0.342. The molecule has 1 saturated carbocycles. The van der Waals surface area contributed by atoms with Gasteiger partial charge in [0.25, 0.3) is 0 Å². The highest BCUT2D eigenvalue weighted by Gasteiger charge is 2.16. The molecule has 0 bridgehead atoms. The van der Waals surface area contributed by atoms with Gasteiger partial charge in [-0.05, 0) is 36.5 Å². The van der Waals surface area contributed by atoms with Crippen molar-refractivity contribution < 1.29 is 23.8 Å². The Morgan fingerprint density at radius 3 is 2.37 bits per heavy atom. The molecule has 0 radical (unpaired) electrons. The maximum Gasteiger partial charge on any atom is 0.331 e. The number of para-hydroxylation sites is 1. The molecule has 30 heavy (non-hydrogen) atoms. The number of ketones is 1. The molecule has 1 aliphatic rings. The van der Waals surface area contributed by atoms with Gasteiger partial charge < -0.3 is 14.2 Å². The second-order valence-corrected chi connectivity index (χ2v) is 7.40. The van der Waals surface area contributed by atoms with E-state index in [1.807, 2.05) is 24.3 Å². The Hall–Kier alpha value is -3.08. The van der Waals surface area contributed by atoms with E-state index < -0.39 is 5.97 Å². The van der Waals surface area contributed by atoms with Gasteiger partial charge >= 0.3 is 5.97 Å². The van der Waals surface area contributed by atoms with Crippen molar-refractivity contribution in [1.82, 2.24) is 0 Å². The maximum absolute atomic E-state index is 12.4. The minimum absolute atomic E-state index is 0.217. The van der Waals surface area contributed by atoms with Gasteiger partial charge in [0.1, 0.15) is 0 Å². The standard InChI is InChI=1S/C25H28O5/c1-28-23-10-6-9-21(25(23)29-2)15-16-24(27)30-17-22(26)20-13-11-19(12-14-20)18-7-4-3-5-8-18/h6,9-16,18H,3-5,7-8,17H2,1-2H3. The number of methoxy groups -OCH3 is 2. The van der Waals surface area contributed by atoms with Gasteiger partial charge in [0.05, 0.1) is 14.2 Å². The first-order valence-corrected chi connectivity index (χ1v) is 10.3. The van der Waals surface area contributed by atoms with E-state index in [0.717, 1.165) is 0 Å². The molecule has 158 valence electrons. The van der Waals surface area contributed by atoms with E-state index in [-0.39, 0.29) is 12.4 Å². The van der Waals surface area contributed by atoms with E-state index in [1.165, 1.54) is 50.9 Å². The number of hydrogen-bond acceptors (Lipinski definition) is 5. The molecular formula is C25H28O5. The second kappa shape index (κ2) is 10.6. The summed E-state index contributed by atoms with van der Waals surface area (Å²) in [5, 5.41) is 0. The highest BCUT2D eigenvalue weighted by molar-refractivity contribution is 5.99. The summed E-state index contributed by atoms with van der Waals surface area (Å²) in [5.74, 6) is 0.885. The van der Waals surface area contributed by atoms with Gasteiger partial charge in [0.15, 0.2) is 23.9 Å². The number of esters is 1. The van der Waals surface area contributed by atoms with Crippen LogP contribution in [0.2, 0.25) is 0 Å². The summed E-state index contributed by atoms with van der Waals surface area (Å²) in [5.41, 5.74) is 2.53. The molecule has 0 amide bonds. The van der Waals surface area contributed by atoms with Gasteiger partial charge in [-0.15, -0.1) is 0 Å². The third-order valence-corrected chi connectivity index (χ3v) is 5.49. The summed E-state index contributed by atoms with van der Waals surface area (Å²) in [4.78, 5) is 24.4. The number of carbonyl (C=O) groups excluding carboxylic acids is 2. The van der Waals surface area contributed by atoms with Crippen molar-refractivity contribution in [2.75, 3.05) is 20.8 Å². The normalized spacial score (nSPS) is 14.5. The van der Waals surface area contributed by atoms with Crippen LogP contribution in [0.3, 0.4) is 0 Å². The number of hydrogen-bond donors (Lipinski definition) is 0. The van der Waals surface area contributed by atoms with Crippen LogP contribution in [-0.4, -0.2) is 32.6 Å². The maximum atomic E-state index is 12.4. The third-order valence-electron chi connectivity index (χ3n) is 5.49. The summed E-state index contributed by atoms with van der Waals surface area (Å²) in [6.45, 7) is -0.290. The predicted molar refractivity (Wildman–Crippen MR) is 116 cm³/mol. The number of Topliss-reactive ketones (excluding diaryl/α,β-unsaturated/α-hetero) is 1. The molecule has 5 nitrogen and oxygen atoms in total. The SMILES string of the molecule is COc1cccc(C=CC(=O)OCC(=O)c2ccc(C3CCCCC3)cc2)c1OC. The molecular weight excluding hydrogens is 380 g/mol. The summed E-state index contributed by atoms with van der Waals surface area (Å²) in [6.07, 6.45) is 9.15. The number of rotatable bonds is 8. The van der Waals surface area contributed by atoms with Crippen molar-refractivity contribution >= 4 is 17.8 Å². The molecule has 0 N–H and O–H groups in total. The lowest BCUT2D eigenvalue weighted by Gasteiger charge is -2.22. The van der Waals surface area contributed by atoms with Crippen LogP contribution >= 0.6 is 0 Å². The average Bonchev–Trinajstić information content (AvgIpc) is 2.81. The summed E-state index contributed by atoms with van der Waals surface area (Å²) in [6, 6.07) is 13.1. The third kappa shape index (κ3) is 5.50. The van der Waals surface area contributed by atoms with Gasteiger partial charge in [-0.2, -0.15) is 0 Å². The van der Waals surface area contributed by atoms with Crippen molar-refractivity contribution in [3.63, 3.8) is 0 Å². The zero-order valence-corrected chi connectivity index (χ0v) is 17.6. The average molecular weight is 408 g/mol. The molecule has 0 atom stereocenters. The van der Waals surface area contributed by atoms with E-state index >= 15 is 0 Å². The fraction of sp³-hybridized carbons (Fsp3) is 0.360. The molecule has 3 rings (SSSR count).